The molecule has 0 amide bonds. The van der Waals surface area contributed by atoms with Gasteiger partial charge in [0.05, 0.1) is 24.6 Å². The zero-order valence-electron chi connectivity index (χ0n) is 16.9. The molecule has 0 aliphatic heterocycles. The highest BCUT2D eigenvalue weighted by molar-refractivity contribution is 7.15. The lowest BCUT2D eigenvalue weighted by atomic mass is 10.3. The molecule has 3 N–H and O–H groups in total. The lowest BCUT2D eigenvalue weighted by molar-refractivity contribution is -0.146. The first-order valence-electron chi connectivity index (χ1n) is 8.64. The minimum absolute atomic E-state index is 0.181. The second kappa shape index (κ2) is 11.4. The highest BCUT2D eigenvalue weighted by Crippen LogP contribution is 2.21. The molecule has 2 aromatic heterocycles. The van der Waals surface area contributed by atoms with E-state index in [2.05, 4.69) is 15.3 Å². The topological polar surface area (TPSA) is 116 Å². The van der Waals surface area contributed by atoms with Crippen LogP contribution in [0.2, 0.25) is 0 Å². The lowest BCUT2D eigenvalue weighted by Crippen LogP contribution is -2.19. The number of carbonyl (C=O) groups excluding carboxylic acids is 2. The summed E-state index contributed by atoms with van der Waals surface area (Å²) in [6.45, 7) is 11.5. The van der Waals surface area contributed by atoms with Crippen LogP contribution in [0.3, 0.4) is 0 Å². The average molecular weight is 427 g/mol. The van der Waals surface area contributed by atoms with Crippen LogP contribution in [-0.2, 0) is 19.1 Å². The van der Waals surface area contributed by atoms with Crippen molar-refractivity contribution in [3.8, 4) is 0 Å². The van der Waals surface area contributed by atoms with Crippen LogP contribution in [0.4, 0.5) is 10.3 Å². The summed E-state index contributed by atoms with van der Waals surface area (Å²) < 4.78 is 9.65. The number of nitrogen functional groups attached to an aromatic ring is 1. The summed E-state index contributed by atoms with van der Waals surface area (Å²) in [7, 11) is 0. The predicted molar refractivity (Wildman–Crippen MR) is 113 cm³/mol. The molecule has 0 aliphatic carbocycles. The Morgan fingerprint density at radius 1 is 0.964 bits per heavy atom. The fraction of sp³-hybridized carbons (Fsp3) is 0.444. The van der Waals surface area contributed by atoms with Crippen molar-refractivity contribution >= 4 is 44.9 Å². The summed E-state index contributed by atoms with van der Waals surface area (Å²) in [5.74, 6) is -1.44. The number of anilines is 2. The van der Waals surface area contributed by atoms with Gasteiger partial charge in [0.15, 0.2) is 15.8 Å². The first-order valence-corrected chi connectivity index (χ1v) is 10.3. The lowest BCUT2D eigenvalue weighted by Gasteiger charge is -2.06. The van der Waals surface area contributed by atoms with E-state index in [1.807, 2.05) is 27.7 Å². The normalized spacial score (nSPS) is 9.79. The molecular formula is C18H26N4O4S2. The van der Waals surface area contributed by atoms with E-state index in [4.69, 9.17) is 15.2 Å². The monoisotopic (exact) mass is 426 g/mol. The van der Waals surface area contributed by atoms with Gasteiger partial charge >= 0.3 is 11.9 Å². The maximum absolute atomic E-state index is 11.7. The van der Waals surface area contributed by atoms with Crippen LogP contribution >= 0.6 is 22.7 Å². The number of thiazole rings is 2. The first kappa shape index (κ1) is 23.6. The fourth-order valence-electron chi connectivity index (χ4n) is 1.78. The number of ether oxygens (including phenoxy) is 2. The number of hydrogen-bond acceptors (Lipinski definition) is 10. The molecule has 0 spiro atoms. The maximum atomic E-state index is 11.7. The van der Waals surface area contributed by atoms with Crippen molar-refractivity contribution in [3.63, 3.8) is 0 Å². The van der Waals surface area contributed by atoms with Crippen LogP contribution in [0.25, 0.3) is 0 Å². The minimum atomic E-state index is -0.719. The van der Waals surface area contributed by atoms with Gasteiger partial charge in [0.2, 0.25) is 0 Å². The number of aromatic nitrogens is 2. The van der Waals surface area contributed by atoms with Crippen LogP contribution < -0.4 is 11.1 Å². The Labute approximate surface area is 172 Å². The molecule has 0 radical (unpaired) electrons. The van der Waals surface area contributed by atoms with E-state index in [-0.39, 0.29) is 18.8 Å². The zero-order chi connectivity index (χ0) is 21.3. The van der Waals surface area contributed by atoms with E-state index < -0.39 is 11.9 Å². The Hall–Kier alpha value is -2.46. The molecule has 0 saturated carbocycles. The molecule has 0 saturated heterocycles. The molecule has 28 heavy (non-hydrogen) atoms. The van der Waals surface area contributed by atoms with Gasteiger partial charge in [0.25, 0.3) is 0 Å². The molecule has 0 aliphatic rings. The van der Waals surface area contributed by atoms with Crippen molar-refractivity contribution in [2.45, 2.75) is 41.5 Å². The molecule has 154 valence electrons. The van der Waals surface area contributed by atoms with Crippen LogP contribution in [0.5, 0.6) is 0 Å². The van der Waals surface area contributed by atoms with E-state index in [0.717, 1.165) is 16.3 Å². The number of nitrogens with two attached hydrogens (primary N) is 1. The number of hydrogen-bond donors (Lipinski definition) is 2. The number of rotatable bonds is 6. The van der Waals surface area contributed by atoms with E-state index in [0.29, 0.717) is 10.3 Å². The van der Waals surface area contributed by atoms with Crippen molar-refractivity contribution in [2.24, 2.45) is 0 Å². The maximum Gasteiger partial charge on any atom is 0.347 e. The van der Waals surface area contributed by atoms with Crippen molar-refractivity contribution < 1.29 is 19.1 Å². The molecular weight excluding hydrogens is 400 g/mol. The number of aryl methyl sites for hydroxylation is 4. The number of carbonyl (C=O) groups is 2. The first-order chi connectivity index (χ1) is 13.2. The van der Waals surface area contributed by atoms with Gasteiger partial charge in [-0.15, -0.1) is 22.7 Å². The highest BCUT2D eigenvalue weighted by atomic mass is 32.1. The molecule has 8 nitrogen and oxygen atoms in total. The zero-order valence-corrected chi connectivity index (χ0v) is 18.5. The van der Waals surface area contributed by atoms with E-state index in [9.17, 15) is 9.59 Å². The number of nitrogens with one attached hydrogen (secondary N) is 1. The van der Waals surface area contributed by atoms with Gasteiger partial charge in [-0.1, -0.05) is 0 Å². The largest absolute Gasteiger partial charge is 0.462 e. The molecule has 0 atom stereocenters. The van der Waals surface area contributed by atoms with Crippen molar-refractivity contribution in [3.05, 3.63) is 32.9 Å². The van der Waals surface area contributed by atoms with Crippen LogP contribution in [0.15, 0.2) is 11.8 Å². The molecule has 0 fully saturated rings. The van der Waals surface area contributed by atoms with Gasteiger partial charge in [0, 0.05) is 16.0 Å². The average Bonchev–Trinajstić information content (AvgIpc) is 3.09. The molecule has 2 heterocycles. The standard InChI is InChI=1S/C13H18N2O4S.C5H8N2S/c1-5-18-11(16)10(12(17)19-6-2)7-14-13-15-8(3)9(4)20-13;1-3-4(2)8-5(6)7-3/h7H,5-6H2,1-4H3,(H,14,15);1-2H3,(H2,6,7). The van der Waals surface area contributed by atoms with Gasteiger partial charge < -0.3 is 20.5 Å². The quantitative estimate of drug-likeness (QED) is 0.312. The summed E-state index contributed by atoms with van der Waals surface area (Å²) in [4.78, 5) is 33.9. The van der Waals surface area contributed by atoms with Crippen LogP contribution in [-0.4, -0.2) is 35.1 Å². The number of nitrogens with zero attached hydrogens (tertiary/aromatic N) is 2. The summed E-state index contributed by atoms with van der Waals surface area (Å²) in [5.41, 5.74) is 7.16. The second-order valence-electron chi connectivity index (χ2n) is 5.50. The van der Waals surface area contributed by atoms with E-state index >= 15 is 0 Å². The third-order valence-electron chi connectivity index (χ3n) is 3.40. The van der Waals surface area contributed by atoms with Crippen molar-refractivity contribution in [2.75, 3.05) is 24.3 Å². The minimum Gasteiger partial charge on any atom is -0.462 e. The van der Waals surface area contributed by atoms with E-state index in [1.54, 1.807) is 13.8 Å². The van der Waals surface area contributed by atoms with Crippen molar-refractivity contribution in [1.29, 1.82) is 0 Å². The van der Waals surface area contributed by atoms with Gasteiger partial charge in [-0.25, -0.2) is 19.6 Å². The highest BCUT2D eigenvalue weighted by Gasteiger charge is 2.21. The summed E-state index contributed by atoms with van der Waals surface area (Å²) in [6, 6.07) is 0. The molecule has 0 bridgehead atoms. The molecule has 0 aromatic carbocycles. The fourth-order valence-corrected chi connectivity index (χ4v) is 3.26. The third kappa shape index (κ3) is 7.28. The second-order valence-corrected chi connectivity index (χ2v) is 7.94. The Kier molecular flexibility index (Phi) is 9.60. The van der Waals surface area contributed by atoms with Crippen LogP contribution in [0, 0.1) is 27.7 Å². The molecule has 2 rings (SSSR count). The van der Waals surface area contributed by atoms with Gasteiger partial charge in [-0.05, 0) is 41.5 Å². The van der Waals surface area contributed by atoms with Gasteiger partial charge in [-0.2, -0.15) is 0 Å². The smallest absolute Gasteiger partial charge is 0.347 e. The summed E-state index contributed by atoms with van der Waals surface area (Å²) in [6.07, 6.45) is 1.27. The Morgan fingerprint density at radius 3 is 1.79 bits per heavy atom. The third-order valence-corrected chi connectivity index (χ3v) is 5.31. The molecule has 2 aromatic rings. The summed E-state index contributed by atoms with van der Waals surface area (Å²) in [5, 5.41) is 4.10. The van der Waals surface area contributed by atoms with Crippen molar-refractivity contribution in [1.82, 2.24) is 9.97 Å². The van der Waals surface area contributed by atoms with Gasteiger partial charge in [-0.3, -0.25) is 0 Å². The Morgan fingerprint density at radius 2 is 1.46 bits per heavy atom. The predicted octanol–water partition coefficient (Wildman–Crippen LogP) is 3.52. The SMILES string of the molecule is CCOC(=O)C(=CNc1nc(C)c(C)s1)C(=O)OCC.Cc1nc(N)sc1C. The molecule has 10 heteroatoms. The molecule has 0 unspecified atom stereocenters. The van der Waals surface area contributed by atoms with Crippen LogP contribution in [0.1, 0.15) is 35.0 Å². The summed E-state index contributed by atoms with van der Waals surface area (Å²) >= 11 is 2.97. The Bertz CT molecular complexity index is 784. The number of esters is 2. The van der Waals surface area contributed by atoms with E-state index in [1.165, 1.54) is 33.8 Å². The Balaban J connectivity index is 0.000000406. The van der Waals surface area contributed by atoms with Gasteiger partial charge in [0.1, 0.15) is 0 Å².